The maximum absolute atomic E-state index is 3.57. The van der Waals surface area contributed by atoms with Gasteiger partial charge in [0.2, 0.25) is 0 Å². The number of hydrogen-bond acceptors (Lipinski definition) is 2. The molecule has 2 heteroatoms. The van der Waals surface area contributed by atoms with E-state index in [9.17, 15) is 0 Å². The van der Waals surface area contributed by atoms with Crippen molar-refractivity contribution in [2.75, 3.05) is 6.54 Å². The number of thiophene rings is 1. The quantitative estimate of drug-likeness (QED) is 0.802. The average molecular weight is 209 g/mol. The summed E-state index contributed by atoms with van der Waals surface area (Å²) < 4.78 is 0. The molecule has 0 atom stereocenters. The van der Waals surface area contributed by atoms with E-state index in [0.717, 1.165) is 6.54 Å². The van der Waals surface area contributed by atoms with Crippen molar-refractivity contribution in [3.05, 3.63) is 21.9 Å². The van der Waals surface area contributed by atoms with Gasteiger partial charge >= 0.3 is 0 Å². The minimum Gasteiger partial charge on any atom is -0.311 e. The first-order chi connectivity index (χ1) is 6.68. The van der Waals surface area contributed by atoms with E-state index >= 15 is 0 Å². The monoisotopic (exact) mass is 209 g/mol. The fraction of sp³-hybridized carbons (Fsp3) is 0.667. The van der Waals surface area contributed by atoms with Crippen molar-refractivity contribution in [1.82, 2.24) is 5.32 Å². The molecule has 1 saturated carbocycles. The third-order valence-corrected chi connectivity index (χ3v) is 4.21. The predicted octanol–water partition coefficient (Wildman–Crippen LogP) is 3.34. The molecule has 0 saturated heterocycles. The maximum atomic E-state index is 3.57. The van der Waals surface area contributed by atoms with Gasteiger partial charge in [0, 0.05) is 22.8 Å². The van der Waals surface area contributed by atoms with Crippen LogP contribution >= 0.6 is 11.3 Å². The molecule has 0 aromatic carbocycles. The van der Waals surface area contributed by atoms with Gasteiger partial charge in [0.1, 0.15) is 0 Å². The van der Waals surface area contributed by atoms with E-state index in [-0.39, 0.29) is 0 Å². The number of rotatable bonds is 4. The highest BCUT2D eigenvalue weighted by Gasteiger charge is 2.30. The van der Waals surface area contributed by atoms with Gasteiger partial charge in [-0.25, -0.2) is 0 Å². The van der Waals surface area contributed by atoms with E-state index in [0.29, 0.717) is 5.41 Å². The Morgan fingerprint density at radius 1 is 1.43 bits per heavy atom. The molecule has 0 amide bonds. The Balaban J connectivity index is 1.72. The van der Waals surface area contributed by atoms with Crippen molar-refractivity contribution in [2.45, 2.75) is 39.7 Å². The fourth-order valence-corrected chi connectivity index (χ4v) is 2.88. The summed E-state index contributed by atoms with van der Waals surface area (Å²) in [6.07, 6.45) is 4.24. The largest absolute Gasteiger partial charge is 0.311 e. The molecule has 1 aliphatic carbocycles. The molecule has 1 N–H and O–H groups in total. The van der Waals surface area contributed by atoms with Gasteiger partial charge in [0.15, 0.2) is 0 Å². The lowest BCUT2D eigenvalue weighted by Crippen LogP contribution is -2.36. The Morgan fingerprint density at radius 2 is 2.21 bits per heavy atom. The summed E-state index contributed by atoms with van der Waals surface area (Å²) in [6, 6.07) is 4.43. The molecule has 1 fully saturated rings. The molecule has 0 unspecified atom stereocenters. The van der Waals surface area contributed by atoms with Crippen LogP contribution in [0.3, 0.4) is 0 Å². The van der Waals surface area contributed by atoms with Gasteiger partial charge in [0.05, 0.1) is 0 Å². The molecule has 1 aromatic rings. The topological polar surface area (TPSA) is 12.0 Å². The van der Waals surface area contributed by atoms with Crippen molar-refractivity contribution in [3.8, 4) is 0 Å². The van der Waals surface area contributed by atoms with Crippen LogP contribution in [0.1, 0.15) is 35.9 Å². The predicted molar refractivity (Wildman–Crippen MR) is 62.7 cm³/mol. The molecule has 1 aliphatic rings. The summed E-state index contributed by atoms with van der Waals surface area (Å²) in [5, 5.41) is 3.57. The molecule has 14 heavy (non-hydrogen) atoms. The van der Waals surface area contributed by atoms with Crippen LogP contribution in [0.25, 0.3) is 0 Å². The highest BCUT2D eigenvalue weighted by Crippen LogP contribution is 2.39. The smallest absolute Gasteiger partial charge is 0.0300 e. The normalized spacial score (nSPS) is 19.3. The second kappa shape index (κ2) is 4.03. The van der Waals surface area contributed by atoms with Crippen LogP contribution in [0.15, 0.2) is 12.1 Å². The summed E-state index contributed by atoms with van der Waals surface area (Å²) in [7, 11) is 0. The highest BCUT2D eigenvalue weighted by molar-refractivity contribution is 7.11. The molecule has 1 nitrogen and oxygen atoms in total. The molecule has 1 aromatic heterocycles. The number of aryl methyl sites for hydroxylation is 1. The van der Waals surface area contributed by atoms with E-state index in [2.05, 4.69) is 31.3 Å². The third kappa shape index (κ3) is 2.37. The zero-order chi connectivity index (χ0) is 10.0. The minimum absolute atomic E-state index is 0.603. The molecule has 0 radical (unpaired) electrons. The van der Waals surface area contributed by atoms with E-state index < -0.39 is 0 Å². The lowest BCUT2D eigenvalue weighted by molar-refractivity contribution is 0.156. The summed E-state index contributed by atoms with van der Waals surface area (Å²) in [4.78, 5) is 2.88. The van der Waals surface area contributed by atoms with Crippen LogP contribution in [0, 0.1) is 12.3 Å². The molecule has 78 valence electrons. The highest BCUT2D eigenvalue weighted by atomic mass is 32.1. The van der Waals surface area contributed by atoms with Gasteiger partial charge in [-0.1, -0.05) is 13.3 Å². The van der Waals surface area contributed by atoms with Crippen LogP contribution in [-0.4, -0.2) is 6.54 Å². The van der Waals surface area contributed by atoms with E-state index in [4.69, 9.17) is 0 Å². The van der Waals surface area contributed by atoms with Crippen molar-refractivity contribution < 1.29 is 0 Å². The molecule has 0 spiro atoms. The van der Waals surface area contributed by atoms with Crippen LogP contribution in [0.4, 0.5) is 0 Å². The van der Waals surface area contributed by atoms with Gasteiger partial charge in [-0.3, -0.25) is 0 Å². The van der Waals surface area contributed by atoms with Crippen LogP contribution < -0.4 is 5.32 Å². The lowest BCUT2D eigenvalue weighted by atomic mass is 9.70. The molecular formula is C12H19NS. The summed E-state index contributed by atoms with van der Waals surface area (Å²) in [5.74, 6) is 0. The third-order valence-electron chi connectivity index (χ3n) is 3.21. The van der Waals surface area contributed by atoms with E-state index in [1.807, 2.05) is 11.3 Å². The van der Waals surface area contributed by atoms with Crippen molar-refractivity contribution in [3.63, 3.8) is 0 Å². The fourth-order valence-electron chi connectivity index (χ4n) is 2.02. The van der Waals surface area contributed by atoms with Crippen LogP contribution in [0.2, 0.25) is 0 Å². The van der Waals surface area contributed by atoms with Gasteiger partial charge < -0.3 is 5.32 Å². The first-order valence-corrected chi connectivity index (χ1v) is 6.26. The van der Waals surface area contributed by atoms with Gasteiger partial charge in [-0.15, -0.1) is 11.3 Å². The van der Waals surface area contributed by atoms with Gasteiger partial charge in [0.25, 0.3) is 0 Å². The van der Waals surface area contributed by atoms with Crippen LogP contribution in [-0.2, 0) is 6.54 Å². The molecule has 2 rings (SSSR count). The molecule has 0 aliphatic heterocycles. The van der Waals surface area contributed by atoms with E-state index in [1.165, 1.54) is 35.6 Å². The van der Waals surface area contributed by atoms with Gasteiger partial charge in [-0.2, -0.15) is 0 Å². The van der Waals surface area contributed by atoms with Crippen molar-refractivity contribution >= 4 is 11.3 Å². The first-order valence-electron chi connectivity index (χ1n) is 5.44. The van der Waals surface area contributed by atoms with E-state index in [1.54, 1.807) is 0 Å². The molecule has 0 bridgehead atoms. The van der Waals surface area contributed by atoms with Crippen molar-refractivity contribution in [1.29, 1.82) is 0 Å². The number of hydrogen-bond donors (Lipinski definition) is 1. The van der Waals surface area contributed by atoms with Crippen LogP contribution in [0.5, 0.6) is 0 Å². The van der Waals surface area contributed by atoms with Crippen molar-refractivity contribution in [2.24, 2.45) is 5.41 Å². The minimum atomic E-state index is 0.603. The Morgan fingerprint density at radius 3 is 2.71 bits per heavy atom. The zero-order valence-corrected chi connectivity index (χ0v) is 9.91. The summed E-state index contributed by atoms with van der Waals surface area (Å²) in [6.45, 7) is 6.79. The Labute approximate surface area is 90.5 Å². The molecular weight excluding hydrogens is 190 g/mol. The summed E-state index contributed by atoms with van der Waals surface area (Å²) in [5.41, 5.74) is 0.603. The SMILES string of the molecule is Cc1ccc(CNCC2(C)CCC2)s1. The number of nitrogens with one attached hydrogen (secondary N) is 1. The zero-order valence-electron chi connectivity index (χ0n) is 9.10. The summed E-state index contributed by atoms with van der Waals surface area (Å²) >= 11 is 1.90. The molecule has 1 heterocycles. The lowest BCUT2D eigenvalue weighted by Gasteiger charge is -2.38. The average Bonchev–Trinajstić information content (AvgIpc) is 2.49. The Bertz CT molecular complexity index is 299. The standard InChI is InChI=1S/C12H19NS/c1-10-4-5-11(14-10)8-13-9-12(2)6-3-7-12/h4-5,13H,3,6-9H2,1-2H3. The Kier molecular flexibility index (Phi) is 2.93. The van der Waals surface area contributed by atoms with Gasteiger partial charge in [-0.05, 0) is 37.3 Å². The maximum Gasteiger partial charge on any atom is 0.0300 e. The first kappa shape index (κ1) is 10.2. The second-order valence-electron chi connectivity index (χ2n) is 4.78. The Hall–Kier alpha value is -0.340. The second-order valence-corrected chi connectivity index (χ2v) is 6.15.